The smallest absolute Gasteiger partial charge is 0.123 e. The van der Waals surface area contributed by atoms with Crippen molar-refractivity contribution in [1.82, 2.24) is 4.90 Å². The van der Waals surface area contributed by atoms with Crippen molar-refractivity contribution >= 4 is 0 Å². The van der Waals surface area contributed by atoms with E-state index in [-0.39, 0.29) is 5.82 Å². The van der Waals surface area contributed by atoms with E-state index in [4.69, 9.17) is 0 Å². The van der Waals surface area contributed by atoms with E-state index in [1.54, 1.807) is 12.1 Å². The first kappa shape index (κ1) is 13.5. The summed E-state index contributed by atoms with van der Waals surface area (Å²) in [6, 6.07) is 6.89. The molecule has 1 N–H and O–H groups in total. The first-order valence-corrected chi connectivity index (χ1v) is 6.88. The summed E-state index contributed by atoms with van der Waals surface area (Å²) in [5.74, 6) is -0.253. The average Bonchev–Trinajstić information content (AvgIpc) is 3.19. The van der Waals surface area contributed by atoms with Crippen LogP contribution < -0.4 is 0 Å². The number of rotatable bonds is 7. The van der Waals surface area contributed by atoms with E-state index in [1.807, 2.05) is 0 Å². The Hall–Kier alpha value is -0.930. The minimum atomic E-state index is -0.483. The summed E-state index contributed by atoms with van der Waals surface area (Å²) in [5, 5.41) is 10.1. The summed E-state index contributed by atoms with van der Waals surface area (Å²) in [4.78, 5) is 2.47. The topological polar surface area (TPSA) is 23.5 Å². The molecule has 1 aliphatic rings. The molecule has 0 aromatic heterocycles. The second kappa shape index (κ2) is 6.30. The van der Waals surface area contributed by atoms with Crippen LogP contribution in [0.4, 0.5) is 4.39 Å². The lowest BCUT2D eigenvalue weighted by molar-refractivity contribution is 0.139. The minimum Gasteiger partial charge on any atom is -0.388 e. The van der Waals surface area contributed by atoms with E-state index >= 15 is 0 Å². The van der Waals surface area contributed by atoms with Gasteiger partial charge in [0.1, 0.15) is 5.82 Å². The van der Waals surface area contributed by atoms with Crippen LogP contribution in [0.1, 0.15) is 44.3 Å². The van der Waals surface area contributed by atoms with Crippen LogP contribution in [0.5, 0.6) is 0 Å². The standard InChI is InChI=1S/C15H22FNO/c1-2-10-17(14-7-8-14)11-9-15(18)12-3-5-13(16)6-4-12/h3-6,14-15,18H,2,7-11H2,1H3. The maximum Gasteiger partial charge on any atom is 0.123 e. The van der Waals surface area contributed by atoms with Crippen molar-refractivity contribution in [2.45, 2.75) is 44.8 Å². The number of aliphatic hydroxyl groups is 1. The fraction of sp³-hybridized carbons (Fsp3) is 0.600. The van der Waals surface area contributed by atoms with E-state index < -0.39 is 6.10 Å². The molecule has 1 atom stereocenters. The molecule has 2 rings (SSSR count). The minimum absolute atomic E-state index is 0.253. The van der Waals surface area contributed by atoms with Gasteiger partial charge in [0.05, 0.1) is 6.10 Å². The third kappa shape index (κ3) is 3.79. The predicted molar refractivity (Wildman–Crippen MR) is 70.9 cm³/mol. The van der Waals surface area contributed by atoms with Crippen molar-refractivity contribution in [2.75, 3.05) is 13.1 Å². The van der Waals surface area contributed by atoms with Crippen LogP contribution in [0.15, 0.2) is 24.3 Å². The van der Waals surface area contributed by atoms with Crippen molar-refractivity contribution in [3.63, 3.8) is 0 Å². The van der Waals surface area contributed by atoms with E-state index in [9.17, 15) is 9.50 Å². The summed E-state index contributed by atoms with van der Waals surface area (Å²) in [6.45, 7) is 4.23. The van der Waals surface area contributed by atoms with Gasteiger partial charge in [0.25, 0.3) is 0 Å². The lowest BCUT2D eigenvalue weighted by Gasteiger charge is -2.22. The molecule has 2 nitrogen and oxygen atoms in total. The van der Waals surface area contributed by atoms with E-state index in [2.05, 4.69) is 11.8 Å². The van der Waals surface area contributed by atoms with Gasteiger partial charge >= 0.3 is 0 Å². The van der Waals surface area contributed by atoms with Crippen molar-refractivity contribution in [3.8, 4) is 0 Å². The maximum absolute atomic E-state index is 12.8. The zero-order valence-electron chi connectivity index (χ0n) is 11.0. The van der Waals surface area contributed by atoms with Crippen LogP contribution in [0, 0.1) is 5.82 Å². The molecule has 1 unspecified atom stereocenters. The van der Waals surface area contributed by atoms with Crippen molar-refractivity contribution in [1.29, 1.82) is 0 Å². The van der Waals surface area contributed by atoms with Gasteiger partial charge in [-0.2, -0.15) is 0 Å². The summed E-state index contributed by atoms with van der Waals surface area (Å²) in [7, 11) is 0. The number of hydrogen-bond acceptors (Lipinski definition) is 2. The molecule has 1 fully saturated rings. The molecule has 1 aromatic carbocycles. The van der Waals surface area contributed by atoms with Gasteiger partial charge in [-0.3, -0.25) is 0 Å². The first-order chi connectivity index (χ1) is 8.70. The predicted octanol–water partition coefficient (Wildman–Crippen LogP) is 3.12. The van der Waals surface area contributed by atoms with Gasteiger partial charge in [-0.05, 0) is 49.9 Å². The molecule has 100 valence electrons. The maximum atomic E-state index is 12.8. The highest BCUT2D eigenvalue weighted by molar-refractivity contribution is 5.18. The first-order valence-electron chi connectivity index (χ1n) is 6.88. The monoisotopic (exact) mass is 251 g/mol. The zero-order valence-corrected chi connectivity index (χ0v) is 11.0. The Morgan fingerprint density at radius 3 is 2.50 bits per heavy atom. The number of benzene rings is 1. The number of halogens is 1. The molecule has 0 heterocycles. The number of hydrogen-bond donors (Lipinski definition) is 1. The molecular formula is C15H22FNO. The highest BCUT2D eigenvalue weighted by Crippen LogP contribution is 2.28. The molecule has 18 heavy (non-hydrogen) atoms. The Bertz CT molecular complexity index is 361. The molecule has 0 aliphatic heterocycles. The Labute approximate surface area is 108 Å². The van der Waals surface area contributed by atoms with Crippen LogP contribution in [-0.2, 0) is 0 Å². The SMILES string of the molecule is CCCN(CCC(O)c1ccc(F)cc1)C1CC1. The Kier molecular flexibility index (Phi) is 4.72. The fourth-order valence-electron chi connectivity index (χ4n) is 2.34. The summed E-state index contributed by atoms with van der Waals surface area (Å²) in [6.07, 6.45) is 3.99. The van der Waals surface area contributed by atoms with Crippen LogP contribution >= 0.6 is 0 Å². The summed E-state index contributed by atoms with van der Waals surface area (Å²) < 4.78 is 12.8. The summed E-state index contributed by atoms with van der Waals surface area (Å²) in [5.41, 5.74) is 0.809. The normalized spacial score (nSPS) is 17.1. The van der Waals surface area contributed by atoms with E-state index in [0.717, 1.165) is 37.5 Å². The van der Waals surface area contributed by atoms with Gasteiger partial charge in [-0.15, -0.1) is 0 Å². The number of aliphatic hydroxyl groups excluding tert-OH is 1. The molecule has 0 spiro atoms. The zero-order chi connectivity index (χ0) is 13.0. The highest BCUT2D eigenvalue weighted by atomic mass is 19.1. The van der Waals surface area contributed by atoms with Crippen LogP contribution in [-0.4, -0.2) is 29.1 Å². The van der Waals surface area contributed by atoms with Gasteiger partial charge < -0.3 is 10.0 Å². The molecule has 0 saturated heterocycles. The van der Waals surface area contributed by atoms with Crippen molar-refractivity contribution in [2.24, 2.45) is 0 Å². The molecule has 0 radical (unpaired) electrons. The van der Waals surface area contributed by atoms with Gasteiger partial charge in [-0.25, -0.2) is 4.39 Å². The lowest BCUT2D eigenvalue weighted by Crippen LogP contribution is -2.29. The highest BCUT2D eigenvalue weighted by Gasteiger charge is 2.28. The second-order valence-corrected chi connectivity index (χ2v) is 5.12. The molecule has 1 aromatic rings. The molecular weight excluding hydrogens is 229 g/mol. The summed E-state index contributed by atoms with van der Waals surface area (Å²) >= 11 is 0. The van der Waals surface area contributed by atoms with Gasteiger partial charge in [0.15, 0.2) is 0 Å². The molecule has 0 bridgehead atoms. The molecule has 3 heteroatoms. The van der Waals surface area contributed by atoms with Crippen LogP contribution in [0.2, 0.25) is 0 Å². The molecule has 1 saturated carbocycles. The van der Waals surface area contributed by atoms with Crippen molar-refractivity contribution in [3.05, 3.63) is 35.6 Å². The second-order valence-electron chi connectivity index (χ2n) is 5.12. The Morgan fingerprint density at radius 2 is 1.94 bits per heavy atom. The quantitative estimate of drug-likeness (QED) is 0.805. The lowest BCUT2D eigenvalue weighted by atomic mass is 10.1. The Balaban J connectivity index is 1.82. The molecule has 1 aliphatic carbocycles. The van der Waals surface area contributed by atoms with E-state index in [1.165, 1.54) is 25.0 Å². The third-order valence-corrected chi connectivity index (χ3v) is 3.52. The van der Waals surface area contributed by atoms with Crippen molar-refractivity contribution < 1.29 is 9.50 Å². The van der Waals surface area contributed by atoms with E-state index in [0.29, 0.717) is 0 Å². The van der Waals surface area contributed by atoms with Gasteiger partial charge in [-0.1, -0.05) is 19.1 Å². The van der Waals surface area contributed by atoms with Crippen LogP contribution in [0.3, 0.4) is 0 Å². The largest absolute Gasteiger partial charge is 0.388 e. The fourth-order valence-corrected chi connectivity index (χ4v) is 2.34. The van der Waals surface area contributed by atoms with Gasteiger partial charge in [0, 0.05) is 12.6 Å². The van der Waals surface area contributed by atoms with Gasteiger partial charge in [0.2, 0.25) is 0 Å². The van der Waals surface area contributed by atoms with Crippen LogP contribution in [0.25, 0.3) is 0 Å². The molecule has 0 amide bonds. The number of nitrogens with zero attached hydrogens (tertiary/aromatic N) is 1. The third-order valence-electron chi connectivity index (χ3n) is 3.52. The Morgan fingerprint density at radius 1 is 1.28 bits per heavy atom. The average molecular weight is 251 g/mol.